The number of likely N-dealkylation sites (tertiary alicyclic amines) is 1. The first-order chi connectivity index (χ1) is 13.5. The van der Waals surface area contributed by atoms with Gasteiger partial charge in [0, 0.05) is 39.0 Å². The van der Waals surface area contributed by atoms with Gasteiger partial charge in [0.05, 0.1) is 6.10 Å². The molecule has 3 amide bonds. The zero-order valence-electron chi connectivity index (χ0n) is 15.8. The molecule has 3 N–H and O–H groups in total. The number of para-hydroxylation sites is 1. The summed E-state index contributed by atoms with van der Waals surface area (Å²) in [5.74, 6) is 1.06. The summed E-state index contributed by atoms with van der Waals surface area (Å²) >= 11 is 0. The van der Waals surface area contributed by atoms with Crippen LogP contribution in [0.2, 0.25) is 0 Å². The summed E-state index contributed by atoms with van der Waals surface area (Å²) in [6.07, 6.45) is -0.481. The van der Waals surface area contributed by atoms with E-state index in [4.69, 9.17) is 4.74 Å². The summed E-state index contributed by atoms with van der Waals surface area (Å²) in [5.41, 5.74) is 0.906. The van der Waals surface area contributed by atoms with Gasteiger partial charge in [0.2, 0.25) is 5.91 Å². The molecule has 148 valence electrons. The lowest BCUT2D eigenvalue weighted by Gasteiger charge is -2.17. The largest absolute Gasteiger partial charge is 0.457 e. The van der Waals surface area contributed by atoms with Crippen LogP contribution in [-0.4, -0.2) is 48.2 Å². The zero-order chi connectivity index (χ0) is 19.9. The molecule has 3 rings (SSSR count). The van der Waals surface area contributed by atoms with Crippen molar-refractivity contribution in [1.82, 2.24) is 15.5 Å². The van der Waals surface area contributed by atoms with Crippen molar-refractivity contribution in [1.29, 1.82) is 0 Å². The Morgan fingerprint density at radius 3 is 2.61 bits per heavy atom. The molecular formula is C21H25N3O4. The number of nitrogens with zero attached hydrogens (tertiary/aromatic N) is 1. The molecule has 1 saturated heterocycles. The van der Waals surface area contributed by atoms with Crippen LogP contribution in [0.3, 0.4) is 0 Å². The van der Waals surface area contributed by atoms with E-state index >= 15 is 0 Å². The number of amides is 3. The van der Waals surface area contributed by atoms with E-state index in [-0.39, 0.29) is 30.8 Å². The SMILES string of the molecule is CNC(=O)C[C@@H]1CN(C(=O)NCc2cccc(Oc3ccccc3)c2)C[C@H]1O. The summed E-state index contributed by atoms with van der Waals surface area (Å²) in [5, 5.41) is 15.5. The van der Waals surface area contributed by atoms with Gasteiger partial charge in [-0.15, -0.1) is 0 Å². The van der Waals surface area contributed by atoms with Crippen molar-refractivity contribution in [3.63, 3.8) is 0 Å². The van der Waals surface area contributed by atoms with E-state index in [2.05, 4.69) is 10.6 Å². The number of urea groups is 1. The number of β-amino-alcohol motifs (C(OH)–C–C–N with tert-alkyl or cyclic N) is 1. The van der Waals surface area contributed by atoms with Gasteiger partial charge in [0.1, 0.15) is 11.5 Å². The van der Waals surface area contributed by atoms with E-state index in [0.717, 1.165) is 11.3 Å². The molecule has 2 aromatic carbocycles. The number of benzene rings is 2. The molecule has 1 aliphatic heterocycles. The molecule has 0 bridgehead atoms. The average molecular weight is 383 g/mol. The van der Waals surface area contributed by atoms with Crippen LogP contribution in [0.1, 0.15) is 12.0 Å². The molecule has 2 atom stereocenters. The van der Waals surface area contributed by atoms with Crippen molar-refractivity contribution in [2.75, 3.05) is 20.1 Å². The lowest BCUT2D eigenvalue weighted by atomic mass is 10.0. The van der Waals surface area contributed by atoms with Gasteiger partial charge in [0.25, 0.3) is 0 Å². The van der Waals surface area contributed by atoms with Crippen molar-refractivity contribution in [3.8, 4) is 11.5 Å². The predicted molar refractivity (Wildman–Crippen MR) is 105 cm³/mol. The van der Waals surface area contributed by atoms with Gasteiger partial charge in [-0.2, -0.15) is 0 Å². The van der Waals surface area contributed by atoms with Gasteiger partial charge in [0.15, 0.2) is 0 Å². The highest BCUT2D eigenvalue weighted by Crippen LogP contribution is 2.22. The Kier molecular flexibility index (Phi) is 6.49. The second-order valence-corrected chi connectivity index (χ2v) is 6.83. The molecule has 0 aromatic heterocycles. The number of aliphatic hydroxyl groups excluding tert-OH is 1. The molecule has 2 aromatic rings. The van der Waals surface area contributed by atoms with Crippen molar-refractivity contribution < 1.29 is 19.4 Å². The second kappa shape index (κ2) is 9.23. The fourth-order valence-electron chi connectivity index (χ4n) is 3.19. The fourth-order valence-corrected chi connectivity index (χ4v) is 3.19. The second-order valence-electron chi connectivity index (χ2n) is 6.83. The van der Waals surface area contributed by atoms with Crippen LogP contribution in [0, 0.1) is 5.92 Å². The standard InChI is InChI=1S/C21H25N3O4/c1-22-20(26)11-16-13-24(14-19(16)25)21(27)23-12-15-6-5-9-18(10-15)28-17-7-3-2-4-8-17/h2-10,16,19,25H,11-14H2,1H3,(H,22,26)(H,23,27)/t16-,19-/m1/s1. The predicted octanol–water partition coefficient (Wildman–Crippen LogP) is 2.12. The van der Waals surface area contributed by atoms with Gasteiger partial charge >= 0.3 is 6.03 Å². The minimum Gasteiger partial charge on any atom is -0.457 e. The third-order valence-electron chi connectivity index (χ3n) is 4.74. The van der Waals surface area contributed by atoms with Crippen LogP contribution in [0.5, 0.6) is 11.5 Å². The topological polar surface area (TPSA) is 90.9 Å². The minimum atomic E-state index is -0.689. The van der Waals surface area contributed by atoms with Crippen molar-refractivity contribution in [2.24, 2.45) is 5.92 Å². The first-order valence-corrected chi connectivity index (χ1v) is 9.28. The number of carbonyl (C=O) groups is 2. The summed E-state index contributed by atoms with van der Waals surface area (Å²) < 4.78 is 5.81. The van der Waals surface area contributed by atoms with E-state index in [1.54, 1.807) is 11.9 Å². The maximum Gasteiger partial charge on any atom is 0.317 e. The molecule has 0 unspecified atom stereocenters. The molecular weight excluding hydrogens is 358 g/mol. The van der Waals surface area contributed by atoms with Gasteiger partial charge in [-0.1, -0.05) is 30.3 Å². The maximum absolute atomic E-state index is 12.4. The van der Waals surface area contributed by atoms with E-state index < -0.39 is 6.10 Å². The molecule has 0 saturated carbocycles. The van der Waals surface area contributed by atoms with E-state index in [9.17, 15) is 14.7 Å². The summed E-state index contributed by atoms with van der Waals surface area (Å²) in [6.45, 7) is 0.930. The Hall–Kier alpha value is -3.06. The van der Waals surface area contributed by atoms with Gasteiger partial charge in [-0.3, -0.25) is 4.79 Å². The Morgan fingerprint density at radius 1 is 1.11 bits per heavy atom. The first-order valence-electron chi connectivity index (χ1n) is 9.28. The van der Waals surface area contributed by atoms with E-state index in [1.165, 1.54) is 0 Å². The summed E-state index contributed by atoms with van der Waals surface area (Å²) in [4.78, 5) is 25.5. The number of ether oxygens (including phenoxy) is 1. The molecule has 1 heterocycles. The molecule has 1 aliphatic rings. The number of hydrogen-bond donors (Lipinski definition) is 3. The molecule has 0 aliphatic carbocycles. The number of hydrogen-bond acceptors (Lipinski definition) is 4. The van der Waals surface area contributed by atoms with Crippen LogP contribution in [0.15, 0.2) is 54.6 Å². The van der Waals surface area contributed by atoms with Crippen LogP contribution in [-0.2, 0) is 11.3 Å². The van der Waals surface area contributed by atoms with Crippen LogP contribution in [0.25, 0.3) is 0 Å². The Labute approximate surface area is 164 Å². The third kappa shape index (κ3) is 5.23. The Bertz CT molecular complexity index is 812. The Morgan fingerprint density at radius 2 is 1.86 bits per heavy atom. The van der Waals surface area contributed by atoms with Gasteiger partial charge < -0.3 is 25.4 Å². The lowest BCUT2D eigenvalue weighted by molar-refractivity contribution is -0.122. The molecule has 7 nitrogen and oxygen atoms in total. The molecule has 28 heavy (non-hydrogen) atoms. The van der Waals surface area contributed by atoms with Crippen molar-refractivity contribution >= 4 is 11.9 Å². The van der Waals surface area contributed by atoms with Gasteiger partial charge in [-0.25, -0.2) is 4.79 Å². The number of aliphatic hydroxyl groups is 1. The Balaban J connectivity index is 1.52. The number of rotatable bonds is 6. The van der Waals surface area contributed by atoms with Crippen LogP contribution in [0.4, 0.5) is 4.79 Å². The van der Waals surface area contributed by atoms with Crippen molar-refractivity contribution in [3.05, 3.63) is 60.2 Å². The highest BCUT2D eigenvalue weighted by Gasteiger charge is 2.34. The monoisotopic (exact) mass is 383 g/mol. The maximum atomic E-state index is 12.4. The third-order valence-corrected chi connectivity index (χ3v) is 4.74. The van der Waals surface area contributed by atoms with Gasteiger partial charge in [-0.05, 0) is 29.8 Å². The normalized spacial score (nSPS) is 18.6. The molecule has 7 heteroatoms. The highest BCUT2D eigenvalue weighted by molar-refractivity contribution is 5.77. The number of carbonyl (C=O) groups excluding carboxylic acids is 2. The highest BCUT2D eigenvalue weighted by atomic mass is 16.5. The van der Waals surface area contributed by atoms with Crippen LogP contribution >= 0.6 is 0 Å². The van der Waals surface area contributed by atoms with E-state index in [0.29, 0.717) is 18.8 Å². The summed E-state index contributed by atoms with van der Waals surface area (Å²) in [7, 11) is 1.56. The average Bonchev–Trinajstić information content (AvgIpc) is 3.07. The lowest BCUT2D eigenvalue weighted by Crippen LogP contribution is -2.38. The minimum absolute atomic E-state index is 0.137. The quantitative estimate of drug-likeness (QED) is 0.713. The molecule has 0 spiro atoms. The molecule has 0 radical (unpaired) electrons. The van der Waals surface area contributed by atoms with Crippen LogP contribution < -0.4 is 15.4 Å². The molecule has 1 fully saturated rings. The first kappa shape index (κ1) is 19.7. The number of nitrogens with one attached hydrogen (secondary N) is 2. The fraction of sp³-hybridized carbons (Fsp3) is 0.333. The van der Waals surface area contributed by atoms with Crippen molar-refractivity contribution in [2.45, 2.75) is 19.1 Å². The van der Waals surface area contributed by atoms with E-state index in [1.807, 2.05) is 54.6 Å². The zero-order valence-corrected chi connectivity index (χ0v) is 15.8. The smallest absolute Gasteiger partial charge is 0.317 e. The summed E-state index contributed by atoms with van der Waals surface area (Å²) in [6, 6.07) is 16.7.